The molecular formula is C58H50N4O2. The van der Waals surface area contributed by atoms with Crippen molar-refractivity contribution in [1.82, 2.24) is 0 Å². The van der Waals surface area contributed by atoms with Crippen molar-refractivity contribution in [1.29, 1.82) is 0 Å². The Bertz CT molecular complexity index is 2730. The zero-order valence-corrected chi connectivity index (χ0v) is 36.5. The first-order valence-corrected chi connectivity index (χ1v) is 21.5. The van der Waals surface area contributed by atoms with Crippen molar-refractivity contribution in [2.75, 3.05) is 33.8 Å². The van der Waals surface area contributed by atoms with Crippen LogP contribution < -0.4 is 29.1 Å². The van der Waals surface area contributed by atoms with Gasteiger partial charge in [0.05, 0.1) is 14.2 Å². The Hall–Kier alpha value is -8.22. The van der Waals surface area contributed by atoms with E-state index < -0.39 is 0 Å². The first-order chi connectivity index (χ1) is 31.5. The van der Waals surface area contributed by atoms with Gasteiger partial charge in [-0.3, -0.25) is 0 Å². The molecule has 9 aromatic carbocycles. The highest BCUT2D eigenvalue weighted by atomic mass is 16.5. The van der Waals surface area contributed by atoms with Crippen molar-refractivity contribution in [3.8, 4) is 11.5 Å². The maximum absolute atomic E-state index is 5.56. The maximum Gasteiger partial charge on any atom is 0.119 e. The van der Waals surface area contributed by atoms with Crippen molar-refractivity contribution < 1.29 is 9.47 Å². The summed E-state index contributed by atoms with van der Waals surface area (Å²) in [5.41, 5.74) is 14.9. The van der Waals surface area contributed by atoms with Crippen LogP contribution in [-0.2, 0) is 0 Å². The Balaban J connectivity index is 1.10. The largest absolute Gasteiger partial charge is 0.497 e. The zero-order valence-electron chi connectivity index (χ0n) is 36.5. The molecule has 0 aromatic heterocycles. The second-order valence-corrected chi connectivity index (χ2v) is 15.5. The van der Waals surface area contributed by atoms with Crippen LogP contribution in [0, 0.1) is 13.8 Å². The minimum Gasteiger partial charge on any atom is -0.497 e. The molecule has 0 aliphatic carbocycles. The third-order valence-corrected chi connectivity index (χ3v) is 11.4. The number of methoxy groups -OCH3 is 2. The number of ether oxygens (including phenoxy) is 2. The molecule has 6 nitrogen and oxygen atoms in total. The van der Waals surface area contributed by atoms with Crippen LogP contribution in [0.4, 0.5) is 68.2 Å². The molecule has 0 spiro atoms. The quantitative estimate of drug-likeness (QED) is 0.108. The van der Waals surface area contributed by atoms with Gasteiger partial charge in [0.15, 0.2) is 0 Å². The molecule has 0 fully saturated rings. The maximum atomic E-state index is 5.56. The molecule has 0 amide bonds. The van der Waals surface area contributed by atoms with E-state index in [1.807, 2.05) is 12.1 Å². The van der Waals surface area contributed by atoms with Gasteiger partial charge in [0.1, 0.15) is 11.5 Å². The Kier molecular flexibility index (Phi) is 12.1. The number of rotatable bonds is 14. The molecule has 6 heteroatoms. The lowest BCUT2D eigenvalue weighted by Crippen LogP contribution is -2.14. The lowest BCUT2D eigenvalue weighted by atomic mass is 10.1. The van der Waals surface area contributed by atoms with Crippen molar-refractivity contribution in [3.05, 3.63) is 242 Å². The van der Waals surface area contributed by atoms with Crippen molar-refractivity contribution in [2.24, 2.45) is 0 Å². The molecule has 0 radical (unpaired) electrons. The monoisotopic (exact) mass is 834 g/mol. The summed E-state index contributed by atoms with van der Waals surface area (Å²) < 4.78 is 11.1. The van der Waals surface area contributed by atoms with Crippen molar-refractivity contribution in [3.63, 3.8) is 0 Å². The van der Waals surface area contributed by atoms with Crippen LogP contribution in [0.15, 0.2) is 231 Å². The molecule has 0 saturated carbocycles. The van der Waals surface area contributed by atoms with Gasteiger partial charge in [0.2, 0.25) is 0 Å². The first kappa shape index (κ1) is 41.1. The van der Waals surface area contributed by atoms with Gasteiger partial charge in [0, 0.05) is 68.2 Å². The summed E-state index contributed by atoms with van der Waals surface area (Å²) >= 11 is 0. The van der Waals surface area contributed by atoms with Gasteiger partial charge in [-0.2, -0.15) is 0 Å². The summed E-state index contributed by atoms with van der Waals surface area (Å²) in [5, 5.41) is 0. The third kappa shape index (κ3) is 8.63. The summed E-state index contributed by atoms with van der Waals surface area (Å²) in [6.45, 7) is 4.25. The molecule has 9 aromatic rings. The van der Waals surface area contributed by atoms with Crippen LogP contribution >= 0.6 is 0 Å². The number of aryl methyl sites for hydroxylation is 2. The molecule has 0 N–H and O–H groups in total. The molecule has 0 unspecified atom stereocenters. The standard InChI is InChI=1S/C58H50N4O2/c1-43-40-55(63-3)36-38-57(43)61(47-22-13-7-14-23-47)51-32-28-49(29-33-51)59(45-18-9-5-10-19-45)53-26-17-27-54(42-53)60(46-20-11-6-12-21-46)50-30-34-52(35-31-50)62(48-24-15-8-16-25-48)58-39-37-56(64-4)41-44(58)2/h5-42H,1-4H3. The van der Waals surface area contributed by atoms with Crippen LogP contribution in [0.1, 0.15) is 11.1 Å². The normalized spacial score (nSPS) is 10.8. The molecule has 0 heterocycles. The highest BCUT2D eigenvalue weighted by Gasteiger charge is 2.21. The van der Waals surface area contributed by atoms with Gasteiger partial charge in [-0.15, -0.1) is 0 Å². The van der Waals surface area contributed by atoms with Gasteiger partial charge in [0.25, 0.3) is 0 Å². The predicted molar refractivity (Wildman–Crippen MR) is 268 cm³/mol. The van der Waals surface area contributed by atoms with E-state index in [0.29, 0.717) is 0 Å². The van der Waals surface area contributed by atoms with E-state index in [4.69, 9.17) is 9.47 Å². The topological polar surface area (TPSA) is 31.4 Å². The number of hydrogen-bond acceptors (Lipinski definition) is 6. The average Bonchev–Trinajstić information content (AvgIpc) is 3.35. The van der Waals surface area contributed by atoms with Crippen molar-refractivity contribution >= 4 is 68.2 Å². The first-order valence-electron chi connectivity index (χ1n) is 21.5. The Morgan fingerprint density at radius 1 is 0.250 bits per heavy atom. The number of nitrogens with zero attached hydrogens (tertiary/aromatic N) is 4. The fourth-order valence-electron chi connectivity index (χ4n) is 8.34. The minimum atomic E-state index is 0.836. The molecule has 9 rings (SSSR count). The van der Waals surface area contributed by atoms with E-state index in [0.717, 1.165) is 90.9 Å². The second kappa shape index (κ2) is 18.8. The zero-order chi connectivity index (χ0) is 43.8. The van der Waals surface area contributed by atoms with Crippen LogP contribution in [0.2, 0.25) is 0 Å². The summed E-state index contributed by atoms with van der Waals surface area (Å²) in [7, 11) is 3.41. The van der Waals surface area contributed by atoms with Crippen molar-refractivity contribution in [2.45, 2.75) is 13.8 Å². The van der Waals surface area contributed by atoms with Crippen LogP contribution in [-0.4, -0.2) is 14.2 Å². The second-order valence-electron chi connectivity index (χ2n) is 15.5. The summed E-state index contributed by atoms with van der Waals surface area (Å²) in [6.07, 6.45) is 0. The SMILES string of the molecule is COc1ccc(N(c2ccccc2)c2ccc(N(c3ccccc3)c3cccc(N(c4ccccc4)c4ccc(N(c5ccccc5)c5ccc(OC)cc5C)cc4)c3)cc2)c(C)c1. The summed E-state index contributed by atoms with van der Waals surface area (Å²) in [5.74, 6) is 1.67. The van der Waals surface area contributed by atoms with Crippen LogP contribution in [0.25, 0.3) is 0 Å². The van der Waals surface area contributed by atoms with E-state index in [2.05, 4.69) is 252 Å². The Labute approximate surface area is 377 Å². The number of anilines is 12. The average molecular weight is 835 g/mol. The molecule has 314 valence electrons. The van der Waals surface area contributed by atoms with Gasteiger partial charge in [-0.25, -0.2) is 0 Å². The highest BCUT2D eigenvalue weighted by molar-refractivity contribution is 5.86. The Morgan fingerprint density at radius 2 is 0.516 bits per heavy atom. The number of hydrogen-bond donors (Lipinski definition) is 0. The van der Waals surface area contributed by atoms with Gasteiger partial charge in [-0.1, -0.05) is 78.9 Å². The lowest BCUT2D eigenvalue weighted by Gasteiger charge is -2.31. The third-order valence-electron chi connectivity index (χ3n) is 11.4. The molecule has 0 aliphatic heterocycles. The van der Waals surface area contributed by atoms with Gasteiger partial charge in [-0.05, 0) is 177 Å². The lowest BCUT2D eigenvalue weighted by molar-refractivity contribution is 0.414. The summed E-state index contributed by atoms with van der Waals surface area (Å²) in [4.78, 5) is 9.23. The van der Waals surface area contributed by atoms with E-state index in [1.54, 1.807) is 14.2 Å². The predicted octanol–water partition coefficient (Wildman–Crippen LogP) is 16.2. The molecule has 0 bridgehead atoms. The van der Waals surface area contributed by atoms with E-state index in [9.17, 15) is 0 Å². The van der Waals surface area contributed by atoms with Crippen LogP contribution in [0.3, 0.4) is 0 Å². The van der Waals surface area contributed by atoms with Crippen LogP contribution in [0.5, 0.6) is 11.5 Å². The smallest absolute Gasteiger partial charge is 0.119 e. The minimum absolute atomic E-state index is 0.836. The van der Waals surface area contributed by atoms with Gasteiger partial charge < -0.3 is 29.1 Å². The number of para-hydroxylation sites is 4. The molecular weight excluding hydrogens is 785 g/mol. The van der Waals surface area contributed by atoms with E-state index in [-0.39, 0.29) is 0 Å². The molecule has 64 heavy (non-hydrogen) atoms. The highest BCUT2D eigenvalue weighted by Crippen LogP contribution is 2.44. The van der Waals surface area contributed by atoms with E-state index in [1.165, 1.54) is 0 Å². The molecule has 0 atom stereocenters. The number of benzene rings is 9. The molecule has 0 aliphatic rings. The Morgan fingerprint density at radius 3 is 0.812 bits per heavy atom. The summed E-state index contributed by atoms with van der Waals surface area (Å²) in [6, 6.07) is 81.0. The van der Waals surface area contributed by atoms with E-state index >= 15 is 0 Å². The fraction of sp³-hybridized carbons (Fsp3) is 0.0690. The molecule has 0 saturated heterocycles. The fourth-order valence-corrected chi connectivity index (χ4v) is 8.34. The van der Waals surface area contributed by atoms with Gasteiger partial charge >= 0.3 is 0 Å².